The number of carbonyl (C=O) groups is 1. The Morgan fingerprint density at radius 2 is 1.94 bits per heavy atom. The van der Waals surface area contributed by atoms with Gasteiger partial charge in [0, 0.05) is 37.0 Å². The zero-order valence-corrected chi connectivity index (χ0v) is 20.7. The largest absolute Gasteiger partial charge is 0.497 e. The summed E-state index contributed by atoms with van der Waals surface area (Å²) >= 11 is 6.36. The number of anilines is 3. The number of nitrogen functional groups attached to an aromatic ring is 1. The van der Waals surface area contributed by atoms with Gasteiger partial charge in [0.1, 0.15) is 11.6 Å². The van der Waals surface area contributed by atoms with Gasteiger partial charge in [-0.3, -0.25) is 4.79 Å². The van der Waals surface area contributed by atoms with Crippen LogP contribution in [0.15, 0.2) is 60.8 Å². The highest BCUT2D eigenvalue weighted by atomic mass is 35.5. The molecule has 9 nitrogen and oxygen atoms in total. The first-order chi connectivity index (χ1) is 16.9. The Morgan fingerprint density at radius 3 is 2.66 bits per heavy atom. The van der Waals surface area contributed by atoms with Crippen molar-refractivity contribution in [2.75, 3.05) is 44.9 Å². The lowest BCUT2D eigenvalue weighted by molar-refractivity contribution is 0.0951. The Morgan fingerprint density at radius 1 is 1.17 bits per heavy atom. The molecule has 182 valence electrons. The van der Waals surface area contributed by atoms with Crippen molar-refractivity contribution >= 4 is 40.3 Å². The number of methoxy groups -OCH3 is 1. The van der Waals surface area contributed by atoms with Crippen LogP contribution in [0, 0.1) is 0 Å². The highest BCUT2D eigenvalue weighted by Gasteiger charge is 2.19. The van der Waals surface area contributed by atoms with Crippen molar-refractivity contribution in [3.8, 4) is 5.75 Å². The smallest absolute Gasteiger partial charge is 0.251 e. The Hall–Kier alpha value is -3.82. The summed E-state index contributed by atoms with van der Waals surface area (Å²) in [6, 6.07) is 17.0. The van der Waals surface area contributed by atoms with E-state index in [-0.39, 0.29) is 11.1 Å². The summed E-state index contributed by atoms with van der Waals surface area (Å²) in [6.45, 7) is 1.79. The van der Waals surface area contributed by atoms with Gasteiger partial charge in [-0.25, -0.2) is 4.98 Å². The van der Waals surface area contributed by atoms with E-state index in [0.29, 0.717) is 35.8 Å². The van der Waals surface area contributed by atoms with Crippen molar-refractivity contribution in [2.45, 2.75) is 6.54 Å². The van der Waals surface area contributed by atoms with Gasteiger partial charge in [-0.1, -0.05) is 29.8 Å². The number of hydrogen-bond donors (Lipinski definition) is 2. The number of imidazole rings is 1. The van der Waals surface area contributed by atoms with Crippen molar-refractivity contribution in [3.63, 3.8) is 0 Å². The van der Waals surface area contributed by atoms with Crippen LogP contribution in [-0.2, 0) is 6.54 Å². The minimum Gasteiger partial charge on any atom is -0.497 e. The fraction of sp³-hybridized carbons (Fsp3) is 0.240. The number of ether oxygens (including phenoxy) is 1. The molecule has 0 atom stereocenters. The number of benzene rings is 2. The SMILES string of the molecule is COc1ccc(CN(c2cccc(C(=O)NCCN(C)C)c2)c2cc(Cl)nn3c(N)cnc23)cc1. The van der Waals surface area contributed by atoms with Gasteiger partial charge < -0.3 is 25.6 Å². The van der Waals surface area contributed by atoms with Crippen LogP contribution < -0.4 is 20.7 Å². The van der Waals surface area contributed by atoms with Gasteiger partial charge >= 0.3 is 0 Å². The number of likely N-dealkylation sites (N-methyl/N-ethyl adjacent to an activating group) is 1. The molecule has 0 aliphatic carbocycles. The van der Waals surface area contributed by atoms with Gasteiger partial charge in [0.2, 0.25) is 0 Å². The van der Waals surface area contributed by atoms with E-state index in [1.54, 1.807) is 25.4 Å². The molecule has 2 heterocycles. The minimum atomic E-state index is -0.138. The summed E-state index contributed by atoms with van der Waals surface area (Å²) in [5, 5.41) is 7.51. The van der Waals surface area contributed by atoms with Crippen molar-refractivity contribution < 1.29 is 9.53 Å². The molecule has 0 aliphatic rings. The normalized spacial score (nSPS) is 11.1. The van der Waals surface area contributed by atoms with Gasteiger partial charge in [0.05, 0.1) is 19.0 Å². The standard InChI is InChI=1S/C25H28ClN7O2/c1-31(2)12-11-28-25(34)18-5-4-6-19(13-18)32(16-17-7-9-20(35-3)10-8-17)21-14-22(26)30-33-23(27)15-29-24(21)33/h4-10,13-15H,11-12,16,27H2,1-3H3,(H,28,34). The van der Waals surface area contributed by atoms with E-state index in [1.807, 2.05) is 66.4 Å². The second-order valence-electron chi connectivity index (χ2n) is 8.31. The number of aromatic nitrogens is 3. The zero-order chi connectivity index (χ0) is 24.9. The van der Waals surface area contributed by atoms with Crippen LogP contribution in [0.1, 0.15) is 15.9 Å². The number of nitrogens with zero attached hydrogens (tertiary/aromatic N) is 5. The Labute approximate surface area is 209 Å². The third kappa shape index (κ3) is 5.64. The molecule has 3 N–H and O–H groups in total. The number of carbonyl (C=O) groups excluding carboxylic acids is 1. The Balaban J connectivity index is 1.75. The third-order valence-electron chi connectivity index (χ3n) is 5.50. The molecule has 0 unspecified atom stereocenters. The van der Waals surface area contributed by atoms with Gasteiger partial charge in [-0.2, -0.15) is 9.61 Å². The summed E-state index contributed by atoms with van der Waals surface area (Å²) < 4.78 is 6.80. The van der Waals surface area contributed by atoms with Crippen LogP contribution in [-0.4, -0.2) is 59.7 Å². The van der Waals surface area contributed by atoms with Crippen molar-refractivity contribution in [1.29, 1.82) is 0 Å². The molecule has 4 rings (SSSR count). The molecule has 0 aliphatic heterocycles. The van der Waals surface area contributed by atoms with E-state index >= 15 is 0 Å². The number of amides is 1. The van der Waals surface area contributed by atoms with Gasteiger partial charge in [-0.05, 0) is 50.0 Å². The fourth-order valence-corrected chi connectivity index (χ4v) is 3.86. The molecule has 35 heavy (non-hydrogen) atoms. The Bertz CT molecular complexity index is 1320. The average molecular weight is 494 g/mol. The number of hydrogen-bond acceptors (Lipinski definition) is 7. The predicted octanol–water partition coefficient (Wildman–Crippen LogP) is 3.60. The molecule has 0 spiro atoms. The van der Waals surface area contributed by atoms with Crippen molar-refractivity contribution in [2.24, 2.45) is 0 Å². The summed E-state index contributed by atoms with van der Waals surface area (Å²) in [6.07, 6.45) is 1.54. The topological polar surface area (TPSA) is 101 Å². The van der Waals surface area contributed by atoms with E-state index in [9.17, 15) is 4.79 Å². The lowest BCUT2D eigenvalue weighted by Gasteiger charge is -2.26. The lowest BCUT2D eigenvalue weighted by Crippen LogP contribution is -2.31. The first-order valence-electron chi connectivity index (χ1n) is 11.1. The highest BCUT2D eigenvalue weighted by molar-refractivity contribution is 6.29. The molecule has 0 radical (unpaired) electrons. The van der Waals surface area contributed by atoms with Crippen LogP contribution in [0.2, 0.25) is 5.15 Å². The summed E-state index contributed by atoms with van der Waals surface area (Å²) in [5.41, 5.74) is 9.71. The first-order valence-corrected chi connectivity index (χ1v) is 11.5. The van der Waals surface area contributed by atoms with Crippen LogP contribution in [0.4, 0.5) is 17.2 Å². The van der Waals surface area contributed by atoms with Crippen LogP contribution in [0.25, 0.3) is 5.65 Å². The highest BCUT2D eigenvalue weighted by Crippen LogP contribution is 2.33. The summed E-state index contributed by atoms with van der Waals surface area (Å²) in [4.78, 5) is 21.3. The molecule has 10 heteroatoms. The molecule has 0 fully saturated rings. The van der Waals surface area contributed by atoms with Gasteiger partial charge in [0.15, 0.2) is 10.8 Å². The number of rotatable bonds is 9. The zero-order valence-electron chi connectivity index (χ0n) is 19.9. The lowest BCUT2D eigenvalue weighted by atomic mass is 10.1. The average Bonchev–Trinajstić information content (AvgIpc) is 3.22. The molecular weight excluding hydrogens is 466 g/mol. The quantitative estimate of drug-likeness (QED) is 0.367. The minimum absolute atomic E-state index is 0.138. The molecule has 0 saturated heterocycles. The monoisotopic (exact) mass is 493 g/mol. The maximum Gasteiger partial charge on any atom is 0.251 e. The molecule has 2 aromatic heterocycles. The van der Waals surface area contributed by atoms with Crippen LogP contribution in [0.3, 0.4) is 0 Å². The van der Waals surface area contributed by atoms with Crippen LogP contribution in [0.5, 0.6) is 5.75 Å². The van der Waals surface area contributed by atoms with E-state index in [4.69, 9.17) is 22.1 Å². The maximum absolute atomic E-state index is 12.8. The number of nitrogens with two attached hydrogens (primary N) is 1. The van der Waals surface area contributed by atoms with E-state index in [1.165, 1.54) is 4.52 Å². The van der Waals surface area contributed by atoms with Crippen molar-refractivity contribution in [3.05, 3.63) is 77.1 Å². The number of halogens is 1. The number of nitrogens with one attached hydrogen (secondary N) is 1. The second kappa shape index (κ2) is 10.6. The number of fused-ring (bicyclic) bond motifs is 1. The van der Waals surface area contributed by atoms with Crippen LogP contribution >= 0.6 is 11.6 Å². The molecule has 0 bridgehead atoms. The fourth-order valence-electron chi connectivity index (χ4n) is 3.68. The van der Waals surface area contributed by atoms with E-state index < -0.39 is 0 Å². The van der Waals surface area contributed by atoms with Gasteiger partial charge in [0.25, 0.3) is 5.91 Å². The predicted molar refractivity (Wildman–Crippen MR) is 139 cm³/mol. The first kappa shape index (κ1) is 24.3. The maximum atomic E-state index is 12.8. The second-order valence-corrected chi connectivity index (χ2v) is 8.70. The van der Waals surface area contributed by atoms with Crippen molar-refractivity contribution in [1.82, 2.24) is 24.8 Å². The molecule has 1 amide bonds. The molecule has 0 saturated carbocycles. The third-order valence-corrected chi connectivity index (χ3v) is 5.68. The molecule has 4 aromatic rings. The van der Waals surface area contributed by atoms with Gasteiger partial charge in [-0.15, -0.1) is 0 Å². The molecule has 2 aromatic carbocycles. The van der Waals surface area contributed by atoms with E-state index in [2.05, 4.69) is 15.4 Å². The molecular formula is C25H28ClN7O2. The summed E-state index contributed by atoms with van der Waals surface area (Å²) in [7, 11) is 5.56. The Kier molecular flexibility index (Phi) is 7.38. The summed E-state index contributed by atoms with van der Waals surface area (Å²) in [5.74, 6) is 1.01. The van der Waals surface area contributed by atoms with E-state index in [0.717, 1.165) is 23.5 Å².